The van der Waals surface area contributed by atoms with Crippen molar-refractivity contribution in [2.24, 2.45) is 0 Å². The Morgan fingerprint density at radius 3 is 2.62 bits per heavy atom. The van der Waals surface area contributed by atoms with Crippen LogP contribution in [-0.2, 0) is 6.54 Å². The maximum Gasteiger partial charge on any atom is 0.141 e. The van der Waals surface area contributed by atoms with E-state index in [1.54, 1.807) is 12.1 Å². The second-order valence-electron chi connectivity index (χ2n) is 5.20. The van der Waals surface area contributed by atoms with Crippen LogP contribution in [-0.4, -0.2) is 9.55 Å². The van der Waals surface area contributed by atoms with Crippen molar-refractivity contribution in [2.45, 2.75) is 26.3 Å². The summed E-state index contributed by atoms with van der Waals surface area (Å²) in [5.41, 5.74) is 9.41. The molecule has 108 valence electrons. The molecule has 2 N–H and O–H groups in total. The van der Waals surface area contributed by atoms with Gasteiger partial charge in [0.2, 0.25) is 0 Å². The van der Waals surface area contributed by atoms with Crippen LogP contribution >= 0.6 is 0 Å². The van der Waals surface area contributed by atoms with Crippen molar-refractivity contribution < 1.29 is 4.39 Å². The Morgan fingerprint density at radius 2 is 1.90 bits per heavy atom. The third kappa shape index (κ3) is 2.61. The Bertz CT molecular complexity index is 760. The number of fused-ring (bicyclic) bond motifs is 1. The molecule has 3 rings (SSSR count). The molecule has 0 bridgehead atoms. The fraction of sp³-hybridized carbons (Fsp3) is 0.235. The van der Waals surface area contributed by atoms with E-state index in [1.165, 1.54) is 12.1 Å². The van der Waals surface area contributed by atoms with Gasteiger partial charge in [-0.05, 0) is 48.9 Å². The average Bonchev–Trinajstić information content (AvgIpc) is 2.83. The molecule has 0 amide bonds. The highest BCUT2D eigenvalue weighted by molar-refractivity contribution is 5.83. The molecule has 0 atom stereocenters. The lowest BCUT2D eigenvalue weighted by molar-refractivity contribution is 0.627. The Kier molecular flexibility index (Phi) is 3.60. The predicted molar refractivity (Wildman–Crippen MR) is 84.4 cm³/mol. The van der Waals surface area contributed by atoms with Gasteiger partial charge in [0.25, 0.3) is 0 Å². The zero-order valence-corrected chi connectivity index (χ0v) is 12.0. The molecule has 0 radical (unpaired) electrons. The quantitative estimate of drug-likeness (QED) is 0.728. The monoisotopic (exact) mass is 283 g/mol. The topological polar surface area (TPSA) is 43.8 Å². The summed E-state index contributed by atoms with van der Waals surface area (Å²) in [5, 5.41) is 0. The third-order valence-electron chi connectivity index (χ3n) is 3.61. The number of nitrogens with two attached hydrogens (primary N) is 1. The van der Waals surface area contributed by atoms with Crippen molar-refractivity contribution in [3.63, 3.8) is 0 Å². The first-order valence-electron chi connectivity index (χ1n) is 7.20. The van der Waals surface area contributed by atoms with Crippen LogP contribution in [0.25, 0.3) is 22.4 Å². The molecular weight excluding hydrogens is 265 g/mol. The predicted octanol–water partition coefficient (Wildman–Crippen LogP) is 4.22. The van der Waals surface area contributed by atoms with E-state index >= 15 is 0 Å². The normalized spacial score (nSPS) is 11.1. The van der Waals surface area contributed by atoms with Crippen molar-refractivity contribution in [1.29, 1.82) is 0 Å². The molecule has 0 aliphatic rings. The molecule has 0 unspecified atom stereocenters. The van der Waals surface area contributed by atoms with Crippen LogP contribution in [0.15, 0.2) is 42.5 Å². The smallest absolute Gasteiger partial charge is 0.141 e. The molecule has 1 heterocycles. The fourth-order valence-corrected chi connectivity index (χ4v) is 2.51. The second kappa shape index (κ2) is 5.56. The highest BCUT2D eigenvalue weighted by Gasteiger charge is 2.12. The van der Waals surface area contributed by atoms with E-state index in [0.29, 0.717) is 5.69 Å². The molecular formula is C17H18FN3. The van der Waals surface area contributed by atoms with Crippen LogP contribution in [0.4, 0.5) is 10.1 Å². The van der Waals surface area contributed by atoms with E-state index in [9.17, 15) is 4.39 Å². The average molecular weight is 283 g/mol. The van der Waals surface area contributed by atoms with Crippen molar-refractivity contribution in [3.8, 4) is 11.4 Å². The molecule has 3 nitrogen and oxygen atoms in total. The number of anilines is 1. The van der Waals surface area contributed by atoms with Gasteiger partial charge in [-0.3, -0.25) is 0 Å². The Balaban J connectivity index is 2.17. The lowest BCUT2D eigenvalue weighted by Crippen LogP contribution is -2.00. The van der Waals surface area contributed by atoms with Crippen LogP contribution in [0.3, 0.4) is 0 Å². The summed E-state index contributed by atoms with van der Waals surface area (Å²) in [7, 11) is 0. The van der Waals surface area contributed by atoms with Crippen molar-refractivity contribution in [1.82, 2.24) is 9.55 Å². The van der Waals surface area contributed by atoms with Crippen molar-refractivity contribution >= 4 is 16.7 Å². The molecule has 2 aromatic carbocycles. The summed E-state index contributed by atoms with van der Waals surface area (Å²) in [6.07, 6.45) is 2.18. The number of aryl methyl sites for hydroxylation is 1. The van der Waals surface area contributed by atoms with Crippen molar-refractivity contribution in [3.05, 3.63) is 48.3 Å². The molecule has 0 spiro atoms. The van der Waals surface area contributed by atoms with Crippen LogP contribution in [0.5, 0.6) is 0 Å². The summed E-state index contributed by atoms with van der Waals surface area (Å²) in [6.45, 7) is 3.05. The number of imidazole rings is 1. The molecule has 4 heteroatoms. The first kappa shape index (κ1) is 13.6. The number of nitrogen functional groups attached to an aromatic ring is 1. The van der Waals surface area contributed by atoms with Crippen LogP contribution in [0.2, 0.25) is 0 Å². The first-order chi connectivity index (χ1) is 10.2. The number of nitrogens with zero attached hydrogens (tertiary/aromatic N) is 2. The number of unbranched alkanes of at least 4 members (excludes halogenated alkanes) is 1. The SMILES string of the molecule is CCCCn1c(-c2ccc(F)cc2)nc2cc(N)ccc21. The zero-order valence-electron chi connectivity index (χ0n) is 12.0. The number of aromatic nitrogens is 2. The summed E-state index contributed by atoms with van der Waals surface area (Å²) in [5.74, 6) is 0.628. The zero-order chi connectivity index (χ0) is 14.8. The molecule has 3 aromatic rings. The Labute approximate surface area is 123 Å². The maximum atomic E-state index is 13.1. The summed E-state index contributed by atoms with van der Waals surface area (Å²) in [4.78, 5) is 4.69. The largest absolute Gasteiger partial charge is 0.399 e. The van der Waals surface area contributed by atoms with E-state index in [2.05, 4.69) is 16.5 Å². The second-order valence-corrected chi connectivity index (χ2v) is 5.20. The van der Waals surface area contributed by atoms with Crippen LogP contribution in [0.1, 0.15) is 19.8 Å². The highest BCUT2D eigenvalue weighted by Crippen LogP contribution is 2.26. The van der Waals surface area contributed by atoms with E-state index in [1.807, 2.05) is 18.2 Å². The standard InChI is InChI=1S/C17H18FN3/c1-2-3-10-21-16-9-8-14(19)11-15(16)20-17(21)12-4-6-13(18)7-5-12/h4-9,11H,2-3,10,19H2,1H3. The number of hydrogen-bond donors (Lipinski definition) is 1. The van der Waals surface area contributed by atoms with Crippen molar-refractivity contribution in [2.75, 3.05) is 5.73 Å². The van der Waals surface area contributed by atoms with Gasteiger partial charge in [0.15, 0.2) is 0 Å². The highest BCUT2D eigenvalue weighted by atomic mass is 19.1. The van der Waals surface area contributed by atoms with Gasteiger partial charge in [-0.1, -0.05) is 13.3 Å². The van der Waals surface area contributed by atoms with E-state index in [4.69, 9.17) is 5.73 Å². The van der Waals surface area contributed by atoms with Crippen LogP contribution < -0.4 is 5.73 Å². The molecule has 0 aliphatic carbocycles. The minimum atomic E-state index is -0.237. The van der Waals surface area contributed by atoms with Gasteiger partial charge in [-0.15, -0.1) is 0 Å². The third-order valence-corrected chi connectivity index (χ3v) is 3.61. The van der Waals surface area contributed by atoms with Crippen LogP contribution in [0, 0.1) is 5.82 Å². The number of benzene rings is 2. The van der Waals surface area contributed by atoms with Gasteiger partial charge < -0.3 is 10.3 Å². The molecule has 0 saturated heterocycles. The van der Waals surface area contributed by atoms with Gasteiger partial charge in [-0.2, -0.15) is 0 Å². The Hall–Kier alpha value is -2.36. The molecule has 0 aliphatic heterocycles. The summed E-state index contributed by atoms with van der Waals surface area (Å²) >= 11 is 0. The first-order valence-corrected chi connectivity index (χ1v) is 7.20. The van der Waals surface area contributed by atoms with Gasteiger partial charge >= 0.3 is 0 Å². The van der Waals surface area contributed by atoms with Gasteiger partial charge in [0, 0.05) is 17.8 Å². The van der Waals surface area contributed by atoms with Gasteiger partial charge in [0.05, 0.1) is 11.0 Å². The fourth-order valence-electron chi connectivity index (χ4n) is 2.51. The number of hydrogen-bond acceptors (Lipinski definition) is 2. The Morgan fingerprint density at radius 1 is 1.14 bits per heavy atom. The summed E-state index contributed by atoms with van der Waals surface area (Å²) in [6, 6.07) is 12.2. The molecule has 21 heavy (non-hydrogen) atoms. The number of rotatable bonds is 4. The molecule has 0 saturated carbocycles. The van der Waals surface area contributed by atoms with Gasteiger partial charge in [0.1, 0.15) is 11.6 Å². The van der Waals surface area contributed by atoms with E-state index in [-0.39, 0.29) is 5.82 Å². The van der Waals surface area contributed by atoms with E-state index < -0.39 is 0 Å². The summed E-state index contributed by atoms with van der Waals surface area (Å²) < 4.78 is 15.3. The minimum Gasteiger partial charge on any atom is -0.399 e. The number of halogens is 1. The molecule has 1 aromatic heterocycles. The van der Waals surface area contributed by atoms with Gasteiger partial charge in [-0.25, -0.2) is 9.37 Å². The molecule has 0 fully saturated rings. The van der Waals surface area contributed by atoms with E-state index in [0.717, 1.165) is 41.8 Å². The lowest BCUT2D eigenvalue weighted by Gasteiger charge is -2.08. The minimum absolute atomic E-state index is 0.237. The maximum absolute atomic E-state index is 13.1. The lowest BCUT2D eigenvalue weighted by atomic mass is 10.2.